The quantitative estimate of drug-likeness (QED) is 0.709. The van der Waals surface area contributed by atoms with Crippen LogP contribution in [-0.4, -0.2) is 49.7 Å². The van der Waals surface area contributed by atoms with Crippen LogP contribution in [0.5, 0.6) is 0 Å². The van der Waals surface area contributed by atoms with Crippen LogP contribution in [-0.2, 0) is 0 Å². The van der Waals surface area contributed by atoms with E-state index in [1.807, 2.05) is 0 Å². The molecule has 4 fully saturated rings. The number of hydrogen-bond acceptors (Lipinski definition) is 5. The Morgan fingerprint density at radius 2 is 1.70 bits per heavy atom. The van der Waals surface area contributed by atoms with Crippen molar-refractivity contribution in [3.63, 3.8) is 0 Å². The first kappa shape index (κ1) is 19.6. The molecule has 0 radical (unpaired) electrons. The molecule has 2 aliphatic heterocycles. The predicted molar refractivity (Wildman–Crippen MR) is 109 cm³/mol. The Morgan fingerprint density at radius 3 is 2.37 bits per heavy atom. The molecule has 0 amide bonds. The Morgan fingerprint density at radius 1 is 0.963 bits per heavy atom. The molecule has 2 saturated heterocycles. The zero-order valence-electron chi connectivity index (χ0n) is 17.7. The van der Waals surface area contributed by atoms with Crippen LogP contribution in [0.4, 0.5) is 0 Å². The summed E-state index contributed by atoms with van der Waals surface area (Å²) in [6.45, 7) is 5.37. The first-order valence-electron chi connectivity index (χ1n) is 11.2. The lowest BCUT2D eigenvalue weighted by atomic mass is 9.62. The van der Waals surface area contributed by atoms with Gasteiger partial charge in [0.1, 0.15) is 0 Å². The van der Waals surface area contributed by atoms with Gasteiger partial charge in [0.25, 0.3) is 0 Å². The van der Waals surface area contributed by atoms with Crippen LogP contribution in [0.3, 0.4) is 0 Å². The predicted octanol–water partition coefficient (Wildman–Crippen LogP) is 2.51. The monoisotopic (exact) mass is 373 g/mol. The van der Waals surface area contributed by atoms with Gasteiger partial charge in [0, 0.05) is 30.7 Å². The van der Waals surface area contributed by atoms with Crippen LogP contribution in [0.25, 0.3) is 0 Å². The van der Waals surface area contributed by atoms with Crippen molar-refractivity contribution in [3.8, 4) is 6.07 Å². The van der Waals surface area contributed by atoms with E-state index in [2.05, 4.69) is 55.1 Å². The molecule has 4 rings (SSSR count). The zero-order valence-corrected chi connectivity index (χ0v) is 17.7. The number of nitrogens with one attached hydrogen (secondary N) is 3. The first-order chi connectivity index (χ1) is 12.9. The van der Waals surface area contributed by atoms with Crippen molar-refractivity contribution in [1.29, 1.82) is 5.26 Å². The highest BCUT2D eigenvalue weighted by Crippen LogP contribution is 2.46. The zero-order chi connectivity index (χ0) is 19.2. The lowest BCUT2D eigenvalue weighted by Gasteiger charge is -2.49. The summed E-state index contributed by atoms with van der Waals surface area (Å²) >= 11 is 0. The minimum atomic E-state index is -0.170. The summed E-state index contributed by atoms with van der Waals surface area (Å²) in [5.74, 6) is 2.87. The highest BCUT2D eigenvalue weighted by molar-refractivity contribution is 5.08. The van der Waals surface area contributed by atoms with Crippen molar-refractivity contribution >= 4 is 0 Å². The highest BCUT2D eigenvalue weighted by Gasteiger charge is 2.51. The van der Waals surface area contributed by atoms with Crippen LogP contribution in [0.15, 0.2) is 0 Å². The molecule has 2 heterocycles. The molecule has 0 aromatic rings. The molecule has 2 aliphatic carbocycles. The van der Waals surface area contributed by atoms with Gasteiger partial charge in [-0.1, -0.05) is 0 Å². The van der Waals surface area contributed by atoms with Crippen molar-refractivity contribution in [3.05, 3.63) is 0 Å². The molecule has 4 aliphatic rings. The summed E-state index contributed by atoms with van der Waals surface area (Å²) in [5, 5.41) is 13.3. The molecule has 27 heavy (non-hydrogen) atoms. The van der Waals surface area contributed by atoms with Gasteiger partial charge in [0.15, 0.2) is 0 Å². The second-order valence-electron chi connectivity index (χ2n) is 10.6. The molecule has 6 atom stereocenters. The fourth-order valence-corrected chi connectivity index (χ4v) is 6.73. The van der Waals surface area contributed by atoms with Gasteiger partial charge in [-0.2, -0.15) is 5.26 Å². The smallest absolute Gasteiger partial charge is 0.0686 e. The highest BCUT2D eigenvalue weighted by atomic mass is 15.4. The van der Waals surface area contributed by atoms with Gasteiger partial charge in [0.2, 0.25) is 0 Å². The average Bonchev–Trinajstić information content (AvgIpc) is 3.12. The normalized spacial score (nSPS) is 45.2. The number of fused-ring (bicyclic) bond motifs is 3. The van der Waals surface area contributed by atoms with E-state index in [1.54, 1.807) is 0 Å². The largest absolute Gasteiger partial charge is 0.312 e. The van der Waals surface area contributed by atoms with Gasteiger partial charge < -0.3 is 10.2 Å². The summed E-state index contributed by atoms with van der Waals surface area (Å²) in [6, 6.07) is 5.18. The van der Waals surface area contributed by atoms with Crippen molar-refractivity contribution < 1.29 is 0 Å². The molecule has 5 heteroatoms. The van der Waals surface area contributed by atoms with E-state index in [0.29, 0.717) is 24.0 Å². The van der Waals surface area contributed by atoms with Crippen LogP contribution in [0, 0.1) is 40.4 Å². The Bertz CT molecular complexity index is 560. The summed E-state index contributed by atoms with van der Waals surface area (Å²) in [4.78, 5) is 2.44. The molecule has 5 nitrogen and oxygen atoms in total. The van der Waals surface area contributed by atoms with Gasteiger partial charge in [-0.25, -0.2) is 0 Å². The molecule has 0 bridgehead atoms. The van der Waals surface area contributed by atoms with Gasteiger partial charge in [-0.3, -0.25) is 10.9 Å². The maximum atomic E-state index is 9.49. The van der Waals surface area contributed by atoms with Crippen LogP contribution < -0.4 is 16.2 Å². The molecular formula is C22H39N5. The minimum absolute atomic E-state index is 0.170. The van der Waals surface area contributed by atoms with Crippen molar-refractivity contribution in [2.45, 2.75) is 83.0 Å². The number of hydrogen-bond donors (Lipinski definition) is 3. The van der Waals surface area contributed by atoms with Crippen molar-refractivity contribution in [2.24, 2.45) is 29.1 Å². The fourth-order valence-electron chi connectivity index (χ4n) is 6.73. The third-order valence-corrected chi connectivity index (χ3v) is 8.60. The number of rotatable bonds is 3. The van der Waals surface area contributed by atoms with Crippen LogP contribution in [0.1, 0.15) is 58.8 Å². The Balaban J connectivity index is 1.44. The second kappa shape index (κ2) is 7.63. The van der Waals surface area contributed by atoms with Crippen molar-refractivity contribution in [2.75, 3.05) is 20.6 Å². The maximum absolute atomic E-state index is 9.49. The van der Waals surface area contributed by atoms with E-state index in [4.69, 9.17) is 0 Å². The van der Waals surface area contributed by atoms with Gasteiger partial charge in [0.05, 0.1) is 11.5 Å². The molecule has 3 N–H and O–H groups in total. The molecule has 0 aromatic carbocycles. The van der Waals surface area contributed by atoms with E-state index < -0.39 is 0 Å². The minimum Gasteiger partial charge on any atom is -0.312 e. The standard InChI is InChI=1S/C22H39N5/c1-22(2,13-23)15-7-5-14(6-8-15)21-20-17-11-16(27(3)4)9-10-18(17)24-12-19(20)25-26-21/h14-21,24-26H,5-12H2,1-4H3. The Labute approximate surface area is 165 Å². The maximum Gasteiger partial charge on any atom is 0.0686 e. The van der Waals surface area contributed by atoms with Gasteiger partial charge in [-0.15, -0.1) is 0 Å². The average molecular weight is 374 g/mol. The van der Waals surface area contributed by atoms with E-state index >= 15 is 0 Å². The summed E-state index contributed by atoms with van der Waals surface area (Å²) < 4.78 is 0. The van der Waals surface area contributed by atoms with Crippen LogP contribution in [0.2, 0.25) is 0 Å². The number of nitrogens with zero attached hydrogens (tertiary/aromatic N) is 2. The lowest BCUT2D eigenvalue weighted by Crippen LogP contribution is -2.59. The van der Waals surface area contributed by atoms with E-state index in [-0.39, 0.29) is 5.41 Å². The fraction of sp³-hybridized carbons (Fsp3) is 0.955. The molecular weight excluding hydrogens is 334 g/mol. The van der Waals surface area contributed by atoms with Gasteiger partial charge in [-0.05, 0) is 96.6 Å². The number of hydrazine groups is 1. The van der Waals surface area contributed by atoms with E-state index in [9.17, 15) is 5.26 Å². The first-order valence-corrected chi connectivity index (χ1v) is 11.2. The third-order valence-electron chi connectivity index (χ3n) is 8.60. The van der Waals surface area contributed by atoms with Gasteiger partial charge >= 0.3 is 0 Å². The Kier molecular flexibility index (Phi) is 5.55. The molecule has 152 valence electrons. The summed E-state index contributed by atoms with van der Waals surface area (Å²) in [7, 11) is 4.50. The third kappa shape index (κ3) is 3.67. The number of nitriles is 1. The van der Waals surface area contributed by atoms with Crippen LogP contribution >= 0.6 is 0 Å². The molecule has 6 unspecified atom stereocenters. The van der Waals surface area contributed by atoms with Crippen molar-refractivity contribution in [1.82, 2.24) is 21.1 Å². The van der Waals surface area contributed by atoms with E-state index in [0.717, 1.165) is 30.3 Å². The SMILES string of the molecule is CN(C)C1CCC2NCC3NNC(C4CCC(C(C)(C)C#N)CC4)C3C2C1. The molecule has 0 spiro atoms. The second-order valence-corrected chi connectivity index (χ2v) is 10.6. The number of piperidine rings is 1. The molecule has 0 aromatic heterocycles. The summed E-state index contributed by atoms with van der Waals surface area (Å²) in [6.07, 6.45) is 8.98. The topological polar surface area (TPSA) is 63.1 Å². The van der Waals surface area contributed by atoms with E-state index in [1.165, 1.54) is 44.9 Å². The molecule has 2 saturated carbocycles. The summed E-state index contributed by atoms with van der Waals surface area (Å²) in [5.41, 5.74) is 7.23. The lowest BCUT2D eigenvalue weighted by molar-refractivity contribution is 0.0537. The Hall–Kier alpha value is -0.670.